The number of amides is 2. The number of halogens is 1. The fraction of sp³-hybridized carbons (Fsp3) is 0.500. The van der Waals surface area contributed by atoms with E-state index in [-0.39, 0.29) is 23.9 Å². The summed E-state index contributed by atoms with van der Waals surface area (Å²) < 4.78 is 1.82. The lowest BCUT2D eigenvalue weighted by Gasteiger charge is -2.29. The first-order valence-corrected chi connectivity index (χ1v) is 10.3. The number of hydrogen-bond acceptors (Lipinski definition) is 4. The van der Waals surface area contributed by atoms with Gasteiger partial charge in [-0.1, -0.05) is 16.8 Å². The van der Waals surface area contributed by atoms with Gasteiger partial charge in [-0.2, -0.15) is 0 Å². The van der Waals surface area contributed by atoms with E-state index in [2.05, 4.69) is 15.6 Å². The van der Waals surface area contributed by atoms with E-state index in [0.29, 0.717) is 16.3 Å². The molecule has 2 heterocycles. The average Bonchev–Trinajstić information content (AvgIpc) is 3.41. The topological polar surface area (TPSA) is 80.1 Å². The molecule has 148 valence electrons. The molecule has 0 unspecified atom stereocenters. The Labute approximate surface area is 169 Å². The van der Waals surface area contributed by atoms with Crippen LogP contribution in [0.3, 0.4) is 0 Å². The summed E-state index contributed by atoms with van der Waals surface area (Å²) in [6, 6.07) is 7.28. The molecule has 0 radical (unpaired) electrons. The van der Waals surface area contributed by atoms with Crippen LogP contribution in [0.2, 0.25) is 5.02 Å². The Morgan fingerprint density at radius 1 is 1.04 bits per heavy atom. The van der Waals surface area contributed by atoms with E-state index in [4.69, 9.17) is 11.6 Å². The maximum Gasteiger partial charge on any atom is 0.276 e. The highest BCUT2D eigenvalue weighted by Crippen LogP contribution is 2.28. The number of nitrogens with zero attached hydrogens (tertiary/aromatic N) is 4. The van der Waals surface area contributed by atoms with Crippen LogP contribution in [-0.4, -0.2) is 50.8 Å². The van der Waals surface area contributed by atoms with Crippen molar-refractivity contribution in [3.8, 4) is 0 Å². The number of nitrogens with one attached hydrogen (secondary N) is 1. The molecule has 2 fully saturated rings. The number of hydrogen-bond donors (Lipinski definition) is 1. The zero-order valence-corrected chi connectivity index (χ0v) is 16.4. The Bertz CT molecular complexity index is 837. The van der Waals surface area contributed by atoms with Crippen LogP contribution in [0.1, 0.15) is 65.4 Å². The molecular formula is C20H24ClN5O2. The van der Waals surface area contributed by atoms with Gasteiger partial charge in [0.1, 0.15) is 0 Å². The molecule has 1 saturated heterocycles. The van der Waals surface area contributed by atoms with Crippen LogP contribution < -0.4 is 5.32 Å². The van der Waals surface area contributed by atoms with Crippen molar-refractivity contribution in [3.05, 3.63) is 46.7 Å². The van der Waals surface area contributed by atoms with Crippen molar-refractivity contribution in [2.24, 2.45) is 0 Å². The zero-order chi connectivity index (χ0) is 19.5. The van der Waals surface area contributed by atoms with E-state index in [1.807, 2.05) is 9.58 Å². The molecule has 0 atom stereocenters. The minimum atomic E-state index is -0.0700. The third kappa shape index (κ3) is 4.19. The number of likely N-dealkylation sites (tertiary alicyclic amines) is 1. The summed E-state index contributed by atoms with van der Waals surface area (Å²) >= 11 is 5.87. The van der Waals surface area contributed by atoms with Crippen LogP contribution in [0.15, 0.2) is 30.5 Å². The van der Waals surface area contributed by atoms with Gasteiger partial charge in [-0.3, -0.25) is 9.59 Å². The predicted molar refractivity (Wildman–Crippen MR) is 105 cm³/mol. The first-order valence-electron chi connectivity index (χ1n) is 9.88. The molecular weight excluding hydrogens is 378 g/mol. The van der Waals surface area contributed by atoms with Crippen LogP contribution in [0.25, 0.3) is 0 Å². The van der Waals surface area contributed by atoms with Crippen LogP contribution in [0, 0.1) is 0 Å². The standard InChI is InChI=1S/C20H24ClN5O2/c21-15-5-3-14(4-6-15)19(27)22-16-7-9-17(10-8-16)26-13-18(23-24-26)20(28)25-11-1-2-12-25/h3-6,13,16-17H,1-2,7-12H2,(H,22,27)/t16-,17+. The summed E-state index contributed by atoms with van der Waals surface area (Å²) in [5.41, 5.74) is 1.05. The van der Waals surface area contributed by atoms with E-state index in [9.17, 15) is 9.59 Å². The number of carbonyl (C=O) groups is 2. The summed E-state index contributed by atoms with van der Waals surface area (Å²) in [5.74, 6) is -0.0907. The van der Waals surface area contributed by atoms with Gasteiger partial charge in [-0.05, 0) is 62.8 Å². The molecule has 1 aliphatic carbocycles. The third-order valence-corrected chi connectivity index (χ3v) is 5.89. The van der Waals surface area contributed by atoms with Gasteiger partial charge in [-0.15, -0.1) is 5.10 Å². The fourth-order valence-electron chi connectivity index (χ4n) is 3.99. The van der Waals surface area contributed by atoms with Gasteiger partial charge in [0.2, 0.25) is 0 Å². The quantitative estimate of drug-likeness (QED) is 0.853. The zero-order valence-electron chi connectivity index (χ0n) is 15.7. The van der Waals surface area contributed by atoms with E-state index < -0.39 is 0 Å². The smallest absolute Gasteiger partial charge is 0.276 e. The van der Waals surface area contributed by atoms with Crippen LogP contribution in [-0.2, 0) is 0 Å². The molecule has 0 bridgehead atoms. The summed E-state index contributed by atoms with van der Waals surface area (Å²) in [4.78, 5) is 26.6. The molecule has 2 amide bonds. The van der Waals surface area contributed by atoms with Crippen molar-refractivity contribution >= 4 is 23.4 Å². The van der Waals surface area contributed by atoms with Gasteiger partial charge in [0.25, 0.3) is 11.8 Å². The fourth-order valence-corrected chi connectivity index (χ4v) is 4.12. The van der Waals surface area contributed by atoms with Crippen molar-refractivity contribution in [2.45, 2.75) is 50.6 Å². The van der Waals surface area contributed by atoms with Crippen LogP contribution in [0.5, 0.6) is 0 Å². The highest BCUT2D eigenvalue weighted by molar-refractivity contribution is 6.30. The number of benzene rings is 1. The lowest BCUT2D eigenvalue weighted by Crippen LogP contribution is -2.38. The molecule has 1 aromatic heterocycles. The number of carbonyl (C=O) groups excluding carboxylic acids is 2. The summed E-state index contributed by atoms with van der Waals surface area (Å²) in [6.07, 6.45) is 7.44. The summed E-state index contributed by atoms with van der Waals surface area (Å²) in [5, 5.41) is 12.0. The number of rotatable bonds is 4. The van der Waals surface area contributed by atoms with Gasteiger partial charge in [-0.25, -0.2) is 4.68 Å². The predicted octanol–water partition coefficient (Wildman–Crippen LogP) is 3.08. The van der Waals surface area contributed by atoms with Gasteiger partial charge < -0.3 is 10.2 Å². The molecule has 28 heavy (non-hydrogen) atoms. The van der Waals surface area contributed by atoms with Crippen molar-refractivity contribution in [3.63, 3.8) is 0 Å². The lowest BCUT2D eigenvalue weighted by atomic mass is 9.91. The second-order valence-corrected chi connectivity index (χ2v) is 8.01. The molecule has 4 rings (SSSR count). The van der Waals surface area contributed by atoms with E-state index >= 15 is 0 Å². The van der Waals surface area contributed by atoms with Gasteiger partial charge >= 0.3 is 0 Å². The molecule has 1 aliphatic heterocycles. The van der Waals surface area contributed by atoms with Crippen LogP contribution >= 0.6 is 11.6 Å². The molecule has 1 saturated carbocycles. The lowest BCUT2D eigenvalue weighted by molar-refractivity contribution is 0.0786. The van der Waals surface area contributed by atoms with E-state index in [1.54, 1.807) is 30.5 Å². The SMILES string of the molecule is O=C(N[C@H]1CC[C@@H](n2cc(C(=O)N3CCCC3)nn2)CC1)c1ccc(Cl)cc1. The van der Waals surface area contributed by atoms with Crippen molar-refractivity contribution in [1.29, 1.82) is 0 Å². The summed E-state index contributed by atoms with van der Waals surface area (Å²) in [7, 11) is 0. The molecule has 0 spiro atoms. The van der Waals surface area contributed by atoms with Gasteiger partial charge in [0.05, 0.1) is 12.2 Å². The second kappa shape index (κ2) is 8.31. The minimum absolute atomic E-state index is 0.0207. The second-order valence-electron chi connectivity index (χ2n) is 7.57. The van der Waals surface area contributed by atoms with Crippen molar-refractivity contribution in [2.75, 3.05) is 13.1 Å². The van der Waals surface area contributed by atoms with Gasteiger partial charge in [0.15, 0.2) is 5.69 Å². The Balaban J connectivity index is 1.30. The monoisotopic (exact) mass is 401 g/mol. The van der Waals surface area contributed by atoms with Crippen molar-refractivity contribution in [1.82, 2.24) is 25.2 Å². The Morgan fingerprint density at radius 2 is 1.71 bits per heavy atom. The summed E-state index contributed by atoms with van der Waals surface area (Å²) in [6.45, 7) is 1.62. The Hall–Kier alpha value is -2.41. The molecule has 1 aromatic carbocycles. The van der Waals surface area contributed by atoms with Crippen molar-refractivity contribution < 1.29 is 9.59 Å². The molecule has 2 aromatic rings. The number of aromatic nitrogens is 3. The molecule has 8 heteroatoms. The van der Waals surface area contributed by atoms with Gasteiger partial charge in [0, 0.05) is 29.7 Å². The maximum atomic E-state index is 12.4. The molecule has 1 N–H and O–H groups in total. The minimum Gasteiger partial charge on any atom is -0.349 e. The Morgan fingerprint density at radius 3 is 2.39 bits per heavy atom. The first-order chi connectivity index (χ1) is 13.6. The van der Waals surface area contributed by atoms with E-state index in [1.165, 1.54) is 0 Å². The highest BCUT2D eigenvalue weighted by atomic mass is 35.5. The van der Waals surface area contributed by atoms with E-state index in [0.717, 1.165) is 51.6 Å². The largest absolute Gasteiger partial charge is 0.349 e. The Kier molecular flexibility index (Phi) is 5.62. The average molecular weight is 402 g/mol. The molecule has 7 nitrogen and oxygen atoms in total. The third-order valence-electron chi connectivity index (χ3n) is 5.64. The molecule has 2 aliphatic rings. The normalized spacial score (nSPS) is 22.2. The first kappa shape index (κ1) is 18.9. The highest BCUT2D eigenvalue weighted by Gasteiger charge is 2.27. The maximum absolute atomic E-state index is 12.4. The van der Waals surface area contributed by atoms with Crippen LogP contribution in [0.4, 0.5) is 0 Å².